The van der Waals surface area contributed by atoms with E-state index in [2.05, 4.69) is 5.32 Å². The average molecular weight is 391 g/mol. The van der Waals surface area contributed by atoms with E-state index in [1.807, 2.05) is 42.5 Å². The van der Waals surface area contributed by atoms with Gasteiger partial charge in [0.25, 0.3) is 5.91 Å². The van der Waals surface area contributed by atoms with Crippen molar-refractivity contribution in [2.45, 2.75) is 19.4 Å². The van der Waals surface area contributed by atoms with Crippen LogP contribution in [0.5, 0.6) is 11.5 Å². The van der Waals surface area contributed by atoms with Gasteiger partial charge in [-0.05, 0) is 47.5 Å². The fourth-order valence-corrected chi connectivity index (χ4v) is 3.17. The number of carbonyl (C=O) groups is 2. The lowest BCUT2D eigenvalue weighted by Gasteiger charge is -2.19. The predicted molar refractivity (Wildman–Crippen MR) is 109 cm³/mol. The van der Waals surface area contributed by atoms with Gasteiger partial charge >= 0.3 is 5.97 Å². The van der Waals surface area contributed by atoms with Gasteiger partial charge < -0.3 is 19.5 Å². The Bertz CT molecular complexity index is 1060. The van der Waals surface area contributed by atoms with Crippen LogP contribution >= 0.6 is 0 Å². The number of nitrogens with one attached hydrogen (secondary N) is 1. The van der Waals surface area contributed by atoms with E-state index in [1.54, 1.807) is 25.1 Å². The quantitative estimate of drug-likeness (QED) is 0.671. The fourth-order valence-electron chi connectivity index (χ4n) is 3.17. The SMILES string of the molecule is CC(OC(=O)Cc1ccc2c(c1)OCCO2)C(=O)Nc1ccc2ccccc2c1. The minimum atomic E-state index is -0.911. The summed E-state index contributed by atoms with van der Waals surface area (Å²) in [6.07, 6.45) is -0.865. The first-order chi connectivity index (χ1) is 14.1. The summed E-state index contributed by atoms with van der Waals surface area (Å²) in [5.74, 6) is 0.416. The molecule has 0 saturated heterocycles. The molecule has 3 aromatic rings. The molecule has 1 unspecified atom stereocenters. The van der Waals surface area contributed by atoms with Crippen molar-refractivity contribution < 1.29 is 23.8 Å². The summed E-state index contributed by atoms with van der Waals surface area (Å²) in [5.41, 5.74) is 1.39. The molecule has 0 saturated carbocycles. The molecule has 1 N–H and O–H groups in total. The van der Waals surface area contributed by atoms with Crippen LogP contribution in [0.3, 0.4) is 0 Å². The number of esters is 1. The van der Waals surface area contributed by atoms with Gasteiger partial charge in [-0.25, -0.2) is 0 Å². The van der Waals surface area contributed by atoms with Crippen molar-refractivity contribution in [3.8, 4) is 11.5 Å². The van der Waals surface area contributed by atoms with Crippen LogP contribution in [-0.4, -0.2) is 31.2 Å². The largest absolute Gasteiger partial charge is 0.486 e. The van der Waals surface area contributed by atoms with Crippen molar-refractivity contribution in [1.29, 1.82) is 0 Å². The molecule has 6 nitrogen and oxygen atoms in total. The van der Waals surface area contributed by atoms with E-state index in [0.29, 0.717) is 30.4 Å². The molecular formula is C23H21NO5. The van der Waals surface area contributed by atoms with Crippen molar-refractivity contribution in [3.63, 3.8) is 0 Å². The Morgan fingerprint density at radius 1 is 0.966 bits per heavy atom. The zero-order valence-electron chi connectivity index (χ0n) is 16.0. The van der Waals surface area contributed by atoms with Crippen LogP contribution in [0.1, 0.15) is 12.5 Å². The third-order valence-corrected chi connectivity index (χ3v) is 4.65. The molecule has 0 fully saturated rings. The highest BCUT2D eigenvalue weighted by Crippen LogP contribution is 2.31. The van der Waals surface area contributed by atoms with E-state index in [0.717, 1.165) is 16.3 Å². The third kappa shape index (κ3) is 4.48. The van der Waals surface area contributed by atoms with Crippen LogP contribution in [-0.2, 0) is 20.7 Å². The Hall–Kier alpha value is -3.54. The number of anilines is 1. The number of rotatable bonds is 5. The molecule has 6 heteroatoms. The second-order valence-electron chi connectivity index (χ2n) is 6.84. The van der Waals surface area contributed by atoms with Gasteiger partial charge in [-0.1, -0.05) is 36.4 Å². The van der Waals surface area contributed by atoms with Crippen LogP contribution in [0.15, 0.2) is 60.7 Å². The fraction of sp³-hybridized carbons (Fsp3) is 0.217. The van der Waals surface area contributed by atoms with Crippen LogP contribution in [0.25, 0.3) is 10.8 Å². The number of hydrogen-bond donors (Lipinski definition) is 1. The summed E-state index contributed by atoms with van der Waals surface area (Å²) in [6.45, 7) is 2.54. The molecule has 1 atom stereocenters. The van der Waals surface area contributed by atoms with Crippen LogP contribution < -0.4 is 14.8 Å². The van der Waals surface area contributed by atoms with Gasteiger partial charge in [0.05, 0.1) is 6.42 Å². The number of fused-ring (bicyclic) bond motifs is 2. The van der Waals surface area contributed by atoms with E-state index in [4.69, 9.17) is 14.2 Å². The molecule has 0 aromatic heterocycles. The lowest BCUT2D eigenvalue weighted by atomic mass is 10.1. The third-order valence-electron chi connectivity index (χ3n) is 4.65. The topological polar surface area (TPSA) is 73.9 Å². The second kappa shape index (κ2) is 8.22. The van der Waals surface area contributed by atoms with Crippen molar-refractivity contribution >= 4 is 28.3 Å². The molecule has 0 bridgehead atoms. The molecule has 3 aromatic carbocycles. The van der Waals surface area contributed by atoms with Gasteiger partial charge in [0.1, 0.15) is 13.2 Å². The maximum absolute atomic E-state index is 12.4. The van der Waals surface area contributed by atoms with E-state index in [9.17, 15) is 9.59 Å². The van der Waals surface area contributed by atoms with E-state index >= 15 is 0 Å². The van der Waals surface area contributed by atoms with Crippen molar-refractivity contribution in [2.24, 2.45) is 0 Å². The van der Waals surface area contributed by atoms with Gasteiger partial charge in [0, 0.05) is 5.69 Å². The Labute approximate surface area is 168 Å². The van der Waals surface area contributed by atoms with E-state index < -0.39 is 12.1 Å². The monoisotopic (exact) mass is 391 g/mol. The highest BCUT2D eigenvalue weighted by molar-refractivity contribution is 5.97. The first-order valence-electron chi connectivity index (χ1n) is 9.46. The van der Waals surface area contributed by atoms with Crippen LogP contribution in [0, 0.1) is 0 Å². The van der Waals surface area contributed by atoms with Gasteiger partial charge in [0.2, 0.25) is 0 Å². The summed E-state index contributed by atoms with van der Waals surface area (Å²) in [4.78, 5) is 24.7. The molecule has 1 aliphatic rings. The number of benzene rings is 3. The summed E-state index contributed by atoms with van der Waals surface area (Å²) >= 11 is 0. The van der Waals surface area contributed by atoms with Gasteiger partial charge in [-0.15, -0.1) is 0 Å². The van der Waals surface area contributed by atoms with Crippen molar-refractivity contribution in [3.05, 3.63) is 66.2 Å². The summed E-state index contributed by atoms with van der Waals surface area (Å²) < 4.78 is 16.3. The number of carbonyl (C=O) groups excluding carboxylic acids is 2. The molecule has 1 amide bonds. The standard InChI is InChI=1S/C23H21NO5/c1-15(23(26)24-19-8-7-17-4-2-3-5-18(17)14-19)29-22(25)13-16-6-9-20-21(12-16)28-11-10-27-20/h2-9,12,14-15H,10-11,13H2,1H3,(H,24,26). The summed E-state index contributed by atoms with van der Waals surface area (Å²) in [6, 6.07) is 18.8. The Balaban J connectivity index is 1.34. The minimum absolute atomic E-state index is 0.0459. The number of ether oxygens (including phenoxy) is 3. The normalized spacial score (nSPS) is 13.6. The highest BCUT2D eigenvalue weighted by atomic mass is 16.6. The van der Waals surface area contributed by atoms with Crippen molar-refractivity contribution in [2.75, 3.05) is 18.5 Å². The molecule has 148 valence electrons. The highest BCUT2D eigenvalue weighted by Gasteiger charge is 2.19. The molecule has 1 heterocycles. The minimum Gasteiger partial charge on any atom is -0.486 e. The first kappa shape index (κ1) is 18.8. The van der Waals surface area contributed by atoms with Gasteiger partial charge in [-0.3, -0.25) is 9.59 Å². The lowest BCUT2D eigenvalue weighted by molar-refractivity contribution is -0.152. The molecule has 4 rings (SSSR count). The first-order valence-corrected chi connectivity index (χ1v) is 9.46. The Kier molecular flexibility index (Phi) is 5.33. The zero-order valence-corrected chi connectivity index (χ0v) is 16.0. The number of amides is 1. The maximum atomic E-state index is 12.4. The van der Waals surface area contributed by atoms with Gasteiger partial charge in [-0.2, -0.15) is 0 Å². The molecule has 1 aliphatic heterocycles. The molecule has 0 spiro atoms. The smallest absolute Gasteiger partial charge is 0.311 e. The average Bonchev–Trinajstić information content (AvgIpc) is 2.73. The molecule has 0 radical (unpaired) electrons. The zero-order chi connectivity index (χ0) is 20.2. The molecular weight excluding hydrogens is 370 g/mol. The number of hydrogen-bond acceptors (Lipinski definition) is 5. The van der Waals surface area contributed by atoms with Crippen LogP contribution in [0.2, 0.25) is 0 Å². The summed E-state index contributed by atoms with van der Waals surface area (Å²) in [7, 11) is 0. The lowest BCUT2D eigenvalue weighted by Crippen LogP contribution is -2.30. The van der Waals surface area contributed by atoms with E-state index in [-0.39, 0.29) is 12.3 Å². The van der Waals surface area contributed by atoms with E-state index in [1.165, 1.54) is 0 Å². The predicted octanol–water partition coefficient (Wildman–Crippen LogP) is 3.72. The molecule has 0 aliphatic carbocycles. The Morgan fingerprint density at radius 2 is 1.72 bits per heavy atom. The maximum Gasteiger partial charge on any atom is 0.311 e. The van der Waals surface area contributed by atoms with Crippen LogP contribution in [0.4, 0.5) is 5.69 Å². The molecule has 29 heavy (non-hydrogen) atoms. The second-order valence-corrected chi connectivity index (χ2v) is 6.84. The summed E-state index contributed by atoms with van der Waals surface area (Å²) in [5, 5.41) is 4.90. The van der Waals surface area contributed by atoms with Crippen molar-refractivity contribution in [1.82, 2.24) is 0 Å². The van der Waals surface area contributed by atoms with Gasteiger partial charge in [0.15, 0.2) is 17.6 Å². The Morgan fingerprint density at radius 3 is 2.55 bits per heavy atom.